The summed E-state index contributed by atoms with van der Waals surface area (Å²) in [5.41, 5.74) is 1.60. The predicted octanol–water partition coefficient (Wildman–Crippen LogP) is 4.45. The second-order valence-electron chi connectivity index (χ2n) is 8.67. The summed E-state index contributed by atoms with van der Waals surface area (Å²) in [5.74, 6) is -0.834. The normalized spacial score (nSPS) is 22.6. The molecule has 0 aliphatic heterocycles. The standard InChI is InChI=1S/C23H34O5/c1-7-26-21(25)23(13-11-18(12-14-23)27-22(4,5)6)28-20(24)15-19-16(2)9-8-10-17(19)3/h8-10,18H,7,11-15H2,1-6H3. The molecule has 0 unspecified atom stereocenters. The van der Waals surface area contributed by atoms with E-state index in [1.807, 2.05) is 52.8 Å². The van der Waals surface area contributed by atoms with Crippen molar-refractivity contribution in [3.63, 3.8) is 0 Å². The van der Waals surface area contributed by atoms with Crippen LogP contribution in [0.3, 0.4) is 0 Å². The third-order valence-electron chi connectivity index (χ3n) is 5.18. The fourth-order valence-corrected chi connectivity index (χ4v) is 3.81. The zero-order valence-corrected chi connectivity index (χ0v) is 18.1. The van der Waals surface area contributed by atoms with Crippen molar-refractivity contribution in [2.24, 2.45) is 0 Å². The topological polar surface area (TPSA) is 61.8 Å². The lowest BCUT2D eigenvalue weighted by molar-refractivity contribution is -0.191. The number of ether oxygens (including phenoxy) is 3. The first-order valence-corrected chi connectivity index (χ1v) is 10.2. The van der Waals surface area contributed by atoms with Gasteiger partial charge in [-0.15, -0.1) is 0 Å². The zero-order chi connectivity index (χ0) is 20.9. The highest BCUT2D eigenvalue weighted by molar-refractivity contribution is 5.84. The lowest BCUT2D eigenvalue weighted by Gasteiger charge is -2.39. The van der Waals surface area contributed by atoms with Gasteiger partial charge in [0, 0.05) is 12.8 Å². The minimum Gasteiger partial charge on any atom is -0.463 e. The fraction of sp³-hybridized carbons (Fsp3) is 0.652. The highest BCUT2D eigenvalue weighted by Crippen LogP contribution is 2.36. The van der Waals surface area contributed by atoms with Gasteiger partial charge in [0.1, 0.15) is 0 Å². The minimum atomic E-state index is -1.21. The number of rotatable bonds is 6. The third kappa shape index (κ3) is 5.81. The second-order valence-corrected chi connectivity index (χ2v) is 8.67. The van der Waals surface area contributed by atoms with Crippen LogP contribution in [-0.2, 0) is 30.2 Å². The molecule has 1 aromatic carbocycles. The summed E-state index contributed by atoms with van der Waals surface area (Å²) in [6.07, 6.45) is 2.37. The van der Waals surface area contributed by atoms with E-state index in [-0.39, 0.29) is 30.7 Å². The maximum Gasteiger partial charge on any atom is 0.350 e. The average molecular weight is 391 g/mol. The van der Waals surface area contributed by atoms with Gasteiger partial charge in [-0.3, -0.25) is 4.79 Å². The number of carbonyl (C=O) groups is 2. The van der Waals surface area contributed by atoms with E-state index < -0.39 is 11.6 Å². The molecule has 5 heteroatoms. The second kappa shape index (κ2) is 9.08. The van der Waals surface area contributed by atoms with Gasteiger partial charge < -0.3 is 14.2 Å². The van der Waals surface area contributed by atoms with Crippen molar-refractivity contribution in [3.05, 3.63) is 34.9 Å². The Morgan fingerprint density at radius 2 is 1.68 bits per heavy atom. The van der Waals surface area contributed by atoms with Crippen LogP contribution in [0.15, 0.2) is 18.2 Å². The molecule has 1 saturated carbocycles. The van der Waals surface area contributed by atoms with Gasteiger partial charge in [0.15, 0.2) is 0 Å². The van der Waals surface area contributed by atoms with Gasteiger partial charge in [0.25, 0.3) is 0 Å². The molecule has 0 aromatic heterocycles. The van der Waals surface area contributed by atoms with E-state index in [1.54, 1.807) is 6.92 Å². The van der Waals surface area contributed by atoms with Crippen molar-refractivity contribution < 1.29 is 23.8 Å². The predicted molar refractivity (Wildman–Crippen MR) is 108 cm³/mol. The van der Waals surface area contributed by atoms with E-state index in [9.17, 15) is 9.59 Å². The van der Waals surface area contributed by atoms with E-state index in [4.69, 9.17) is 14.2 Å². The summed E-state index contributed by atoms with van der Waals surface area (Å²) in [6, 6.07) is 5.92. The first kappa shape index (κ1) is 22.4. The van der Waals surface area contributed by atoms with E-state index in [0.29, 0.717) is 25.7 Å². The summed E-state index contributed by atoms with van der Waals surface area (Å²) in [4.78, 5) is 25.4. The van der Waals surface area contributed by atoms with Gasteiger partial charge >= 0.3 is 11.9 Å². The van der Waals surface area contributed by atoms with Crippen LogP contribution in [0.1, 0.15) is 70.1 Å². The molecule has 0 saturated heterocycles. The molecule has 0 N–H and O–H groups in total. The van der Waals surface area contributed by atoms with E-state index in [2.05, 4.69) is 0 Å². The average Bonchev–Trinajstić information content (AvgIpc) is 2.59. The summed E-state index contributed by atoms with van der Waals surface area (Å²) in [5, 5.41) is 0. The van der Waals surface area contributed by atoms with Crippen LogP contribution in [0.4, 0.5) is 0 Å². The summed E-state index contributed by atoms with van der Waals surface area (Å²) in [6.45, 7) is 12.0. The summed E-state index contributed by atoms with van der Waals surface area (Å²) >= 11 is 0. The molecule has 156 valence electrons. The Morgan fingerprint density at radius 1 is 1.11 bits per heavy atom. The molecule has 0 amide bonds. The molecule has 0 atom stereocenters. The van der Waals surface area contributed by atoms with Crippen LogP contribution in [0.25, 0.3) is 0 Å². The van der Waals surface area contributed by atoms with E-state index in [1.165, 1.54) is 0 Å². The molecular weight excluding hydrogens is 356 g/mol. The maximum absolute atomic E-state index is 12.7. The number of carbonyl (C=O) groups excluding carboxylic acids is 2. The van der Waals surface area contributed by atoms with Crippen LogP contribution in [0, 0.1) is 13.8 Å². The largest absolute Gasteiger partial charge is 0.463 e. The fourth-order valence-electron chi connectivity index (χ4n) is 3.81. The zero-order valence-electron chi connectivity index (χ0n) is 18.1. The van der Waals surface area contributed by atoms with Gasteiger partial charge in [-0.05, 0) is 71.1 Å². The molecule has 1 aromatic rings. The lowest BCUT2D eigenvalue weighted by Crippen LogP contribution is -2.49. The summed E-state index contributed by atoms with van der Waals surface area (Å²) in [7, 11) is 0. The van der Waals surface area contributed by atoms with Crippen molar-refractivity contribution in [2.45, 2.75) is 91.0 Å². The van der Waals surface area contributed by atoms with Crippen molar-refractivity contribution in [3.8, 4) is 0 Å². The van der Waals surface area contributed by atoms with Crippen molar-refractivity contribution in [2.75, 3.05) is 6.61 Å². The lowest BCUT2D eigenvalue weighted by atomic mass is 9.82. The van der Waals surface area contributed by atoms with Gasteiger partial charge in [-0.2, -0.15) is 0 Å². The molecule has 1 aliphatic rings. The Balaban J connectivity index is 2.11. The molecule has 1 fully saturated rings. The molecule has 0 radical (unpaired) electrons. The molecule has 0 spiro atoms. The molecule has 28 heavy (non-hydrogen) atoms. The van der Waals surface area contributed by atoms with Crippen LogP contribution < -0.4 is 0 Å². The number of esters is 2. The van der Waals surface area contributed by atoms with Crippen LogP contribution in [0.5, 0.6) is 0 Å². The Labute approximate surface area is 168 Å². The van der Waals surface area contributed by atoms with Crippen LogP contribution in [0.2, 0.25) is 0 Å². The molecule has 1 aliphatic carbocycles. The molecular formula is C23H34O5. The number of benzene rings is 1. The highest BCUT2D eigenvalue weighted by atomic mass is 16.6. The monoisotopic (exact) mass is 390 g/mol. The van der Waals surface area contributed by atoms with Gasteiger partial charge in [-0.1, -0.05) is 18.2 Å². The van der Waals surface area contributed by atoms with Gasteiger partial charge in [0.2, 0.25) is 5.60 Å². The Morgan fingerprint density at radius 3 is 2.18 bits per heavy atom. The number of hydrogen-bond donors (Lipinski definition) is 0. The molecule has 2 rings (SSSR count). The van der Waals surface area contributed by atoms with Crippen LogP contribution >= 0.6 is 0 Å². The highest BCUT2D eigenvalue weighted by Gasteiger charge is 2.47. The van der Waals surface area contributed by atoms with E-state index >= 15 is 0 Å². The quantitative estimate of drug-likeness (QED) is 0.672. The van der Waals surface area contributed by atoms with Gasteiger partial charge in [0.05, 0.1) is 24.7 Å². The van der Waals surface area contributed by atoms with Crippen LogP contribution in [-0.4, -0.2) is 35.9 Å². The van der Waals surface area contributed by atoms with E-state index in [0.717, 1.165) is 16.7 Å². The first-order valence-electron chi connectivity index (χ1n) is 10.2. The van der Waals surface area contributed by atoms with Crippen molar-refractivity contribution >= 4 is 11.9 Å². The maximum atomic E-state index is 12.7. The number of aryl methyl sites for hydroxylation is 2. The molecule has 5 nitrogen and oxygen atoms in total. The Hall–Kier alpha value is -1.88. The van der Waals surface area contributed by atoms with Gasteiger partial charge in [-0.25, -0.2) is 4.79 Å². The van der Waals surface area contributed by atoms with Crippen molar-refractivity contribution in [1.82, 2.24) is 0 Å². The smallest absolute Gasteiger partial charge is 0.350 e. The first-order chi connectivity index (χ1) is 13.1. The molecule has 0 bridgehead atoms. The van der Waals surface area contributed by atoms with Crippen molar-refractivity contribution in [1.29, 1.82) is 0 Å². The third-order valence-corrected chi connectivity index (χ3v) is 5.18. The minimum absolute atomic E-state index is 0.0554. The Kier molecular flexibility index (Phi) is 7.27. The number of hydrogen-bond acceptors (Lipinski definition) is 5. The Bertz CT molecular complexity index is 673. The molecule has 0 heterocycles. The SMILES string of the molecule is CCOC(=O)C1(OC(=O)Cc2c(C)cccc2C)CCC(OC(C)(C)C)CC1. The summed E-state index contributed by atoms with van der Waals surface area (Å²) < 4.78 is 17.1.